The highest BCUT2D eigenvalue weighted by Gasteiger charge is 2.31. The lowest BCUT2D eigenvalue weighted by Crippen LogP contribution is -2.30. The third-order valence-electron chi connectivity index (χ3n) is 6.81. The summed E-state index contributed by atoms with van der Waals surface area (Å²) in [7, 11) is 1.43. The van der Waals surface area contributed by atoms with Gasteiger partial charge in [0.2, 0.25) is 0 Å². The molecule has 0 aliphatic carbocycles. The van der Waals surface area contributed by atoms with Crippen LogP contribution in [0.25, 0.3) is 0 Å². The van der Waals surface area contributed by atoms with Crippen molar-refractivity contribution in [3.8, 4) is 11.5 Å². The van der Waals surface area contributed by atoms with E-state index >= 15 is 0 Å². The molecule has 0 fully saturated rings. The molecule has 1 heterocycles. The van der Waals surface area contributed by atoms with Crippen molar-refractivity contribution < 1.29 is 37.7 Å². The molecule has 3 rings (SSSR count). The number of hydrogen-bond donors (Lipinski definition) is 2. The molecule has 2 aromatic carbocycles. The molecule has 41 heavy (non-hydrogen) atoms. The molecule has 0 bridgehead atoms. The predicted octanol–water partition coefficient (Wildman–Crippen LogP) is 5.06. The van der Waals surface area contributed by atoms with Crippen molar-refractivity contribution in [2.45, 2.75) is 39.8 Å². The lowest BCUT2D eigenvalue weighted by Gasteiger charge is -2.34. The SMILES string of the molecule is C=NC(=CC1=C(Cc2ccc(F)c(C(C)F)c2)OCCC1(C)C)C(=O)CNC(=O)c1ccc(OCCO)c(OC)c1. The monoisotopic (exact) mass is 570 g/mol. The number of halogens is 2. The molecule has 0 saturated heterocycles. The number of alkyl halides is 1. The van der Waals surface area contributed by atoms with E-state index in [1.54, 1.807) is 18.2 Å². The van der Waals surface area contributed by atoms with Crippen molar-refractivity contribution in [1.82, 2.24) is 5.32 Å². The van der Waals surface area contributed by atoms with E-state index in [0.29, 0.717) is 41.4 Å². The normalized spacial score (nSPS) is 15.5. The topological polar surface area (TPSA) is 106 Å². The van der Waals surface area contributed by atoms with Crippen molar-refractivity contribution in [1.29, 1.82) is 0 Å². The van der Waals surface area contributed by atoms with Crippen LogP contribution in [0.15, 0.2) is 64.5 Å². The number of ether oxygens (including phenoxy) is 3. The number of nitrogens with one attached hydrogen (secondary N) is 1. The summed E-state index contributed by atoms with van der Waals surface area (Å²) in [6.45, 7) is 8.84. The molecule has 0 spiro atoms. The van der Waals surface area contributed by atoms with Gasteiger partial charge in [0.1, 0.15) is 30.1 Å². The number of hydrogen-bond acceptors (Lipinski definition) is 7. The van der Waals surface area contributed by atoms with Gasteiger partial charge in [-0.3, -0.25) is 14.6 Å². The van der Waals surface area contributed by atoms with Gasteiger partial charge in [-0.2, -0.15) is 0 Å². The van der Waals surface area contributed by atoms with Crippen LogP contribution in [0.5, 0.6) is 11.5 Å². The van der Waals surface area contributed by atoms with Gasteiger partial charge < -0.3 is 24.6 Å². The first-order valence-corrected chi connectivity index (χ1v) is 13.2. The van der Waals surface area contributed by atoms with Crippen LogP contribution >= 0.6 is 0 Å². The number of nitrogens with zero attached hydrogens (tertiary/aromatic N) is 1. The maximum Gasteiger partial charge on any atom is 0.251 e. The highest BCUT2D eigenvalue weighted by molar-refractivity contribution is 6.02. The fourth-order valence-electron chi connectivity index (χ4n) is 4.42. The van der Waals surface area contributed by atoms with E-state index in [2.05, 4.69) is 17.0 Å². The molecule has 0 aromatic heterocycles. The van der Waals surface area contributed by atoms with E-state index in [1.165, 1.54) is 38.3 Å². The largest absolute Gasteiger partial charge is 0.497 e. The molecule has 1 aliphatic heterocycles. The maximum atomic E-state index is 14.0. The maximum absolute atomic E-state index is 14.0. The van der Waals surface area contributed by atoms with Crippen LogP contribution in [0.4, 0.5) is 8.78 Å². The quantitative estimate of drug-likeness (QED) is 0.258. The molecule has 2 N–H and O–H groups in total. The molecule has 10 heteroatoms. The summed E-state index contributed by atoms with van der Waals surface area (Å²) < 4.78 is 44.5. The van der Waals surface area contributed by atoms with Gasteiger partial charge in [0.25, 0.3) is 5.91 Å². The summed E-state index contributed by atoms with van der Waals surface area (Å²) in [5, 5.41) is 11.5. The lowest BCUT2D eigenvalue weighted by molar-refractivity contribution is -0.114. The minimum absolute atomic E-state index is 0.0282. The van der Waals surface area contributed by atoms with Gasteiger partial charge in [0.15, 0.2) is 17.3 Å². The Bertz CT molecular complexity index is 1350. The van der Waals surface area contributed by atoms with Gasteiger partial charge in [0.05, 0.1) is 26.9 Å². The standard InChI is InChI=1S/C31H36F2N2O6/c1-19(32)22-14-20(6-8-24(22)33)15-28-23(31(2,3)10-12-40-28)17-25(34-4)26(37)18-35-30(38)21-7-9-27(41-13-11-36)29(16-21)39-5/h6-9,14,16-17,19,36H,4,10-13,15,18H2,1-3,5H3,(H,35,38). The van der Waals surface area contributed by atoms with Crippen molar-refractivity contribution in [3.63, 3.8) is 0 Å². The Balaban J connectivity index is 1.81. The van der Waals surface area contributed by atoms with Gasteiger partial charge in [-0.1, -0.05) is 19.9 Å². The Hall–Kier alpha value is -4.05. The Morgan fingerprint density at radius 1 is 1.24 bits per heavy atom. The van der Waals surface area contributed by atoms with Crippen molar-refractivity contribution >= 4 is 18.4 Å². The minimum Gasteiger partial charge on any atom is -0.497 e. The van der Waals surface area contributed by atoms with Crippen molar-refractivity contribution in [3.05, 3.63) is 82.0 Å². The van der Waals surface area contributed by atoms with Gasteiger partial charge >= 0.3 is 0 Å². The Morgan fingerprint density at radius 2 is 2.00 bits per heavy atom. The number of allylic oxidation sites excluding steroid dienone is 3. The zero-order chi connectivity index (χ0) is 30.2. The van der Waals surface area contributed by atoms with Gasteiger partial charge in [-0.25, -0.2) is 8.78 Å². The third kappa shape index (κ3) is 8.00. The first-order chi connectivity index (χ1) is 19.5. The van der Waals surface area contributed by atoms with Crippen molar-refractivity contribution in [2.75, 3.05) is 33.5 Å². The van der Waals surface area contributed by atoms with Crippen LogP contribution in [-0.2, 0) is 16.0 Å². The van der Waals surface area contributed by atoms with Crippen LogP contribution in [0.3, 0.4) is 0 Å². The number of methoxy groups -OCH3 is 1. The number of ketones is 1. The summed E-state index contributed by atoms with van der Waals surface area (Å²) in [6, 6.07) is 8.82. The second kappa shape index (κ2) is 14.0. The average molecular weight is 571 g/mol. The minimum atomic E-state index is -1.46. The van der Waals surface area contributed by atoms with Gasteiger partial charge in [-0.15, -0.1) is 0 Å². The van der Waals surface area contributed by atoms with Gasteiger partial charge in [0, 0.05) is 17.5 Å². The number of aliphatic imine (C=N–C) groups is 1. The molecule has 0 saturated carbocycles. The number of carbonyl (C=O) groups excluding carboxylic acids is 2. The second-order valence-corrected chi connectivity index (χ2v) is 10.2. The lowest BCUT2D eigenvalue weighted by atomic mass is 9.77. The number of aliphatic hydroxyl groups is 1. The van der Waals surface area contributed by atoms with Crippen molar-refractivity contribution in [2.24, 2.45) is 10.4 Å². The van der Waals surface area contributed by atoms with Crippen LogP contribution in [0.1, 0.15) is 54.8 Å². The smallest absolute Gasteiger partial charge is 0.251 e. The van der Waals surface area contributed by atoms with E-state index < -0.39 is 23.7 Å². The number of aliphatic hydroxyl groups excluding tert-OH is 1. The molecule has 2 aromatic rings. The number of carbonyl (C=O) groups is 2. The van der Waals surface area contributed by atoms with Crippen LogP contribution in [0.2, 0.25) is 0 Å². The number of rotatable bonds is 13. The molecular formula is C31H36F2N2O6. The van der Waals surface area contributed by atoms with E-state index in [1.807, 2.05) is 13.8 Å². The fraction of sp³-hybridized carbons (Fsp3) is 0.387. The molecule has 220 valence electrons. The molecular weight excluding hydrogens is 534 g/mol. The summed E-state index contributed by atoms with van der Waals surface area (Å²) in [6.07, 6.45) is 1.09. The highest BCUT2D eigenvalue weighted by Crippen LogP contribution is 2.39. The zero-order valence-corrected chi connectivity index (χ0v) is 23.8. The first-order valence-electron chi connectivity index (χ1n) is 13.2. The summed E-state index contributed by atoms with van der Waals surface area (Å²) in [5.41, 5.74) is 1.25. The molecule has 0 radical (unpaired) electrons. The van der Waals surface area contributed by atoms with Crippen LogP contribution in [0, 0.1) is 11.2 Å². The predicted molar refractivity (Wildman–Crippen MR) is 152 cm³/mol. The summed E-state index contributed by atoms with van der Waals surface area (Å²) in [4.78, 5) is 29.8. The molecule has 1 atom stereocenters. The fourth-order valence-corrected chi connectivity index (χ4v) is 4.42. The Labute approximate surface area is 238 Å². The molecule has 1 aliphatic rings. The number of benzene rings is 2. The van der Waals surface area contributed by atoms with E-state index in [0.717, 1.165) is 0 Å². The molecule has 1 amide bonds. The molecule has 8 nitrogen and oxygen atoms in total. The second-order valence-electron chi connectivity index (χ2n) is 10.2. The van der Waals surface area contributed by atoms with Gasteiger partial charge in [-0.05, 0) is 73.0 Å². The van der Waals surface area contributed by atoms with Crippen LogP contribution in [-0.4, -0.2) is 57.0 Å². The number of amides is 1. The van der Waals surface area contributed by atoms with E-state index in [-0.39, 0.29) is 48.4 Å². The van der Waals surface area contributed by atoms with Crippen LogP contribution < -0.4 is 14.8 Å². The van der Waals surface area contributed by atoms with E-state index in [4.69, 9.17) is 19.3 Å². The number of Topliss-reactive ketones (excluding diaryl/α,β-unsaturated/α-hetero) is 1. The zero-order valence-electron chi connectivity index (χ0n) is 23.8. The van der Waals surface area contributed by atoms with E-state index in [9.17, 15) is 18.4 Å². The first kappa shape index (κ1) is 31.5. The summed E-state index contributed by atoms with van der Waals surface area (Å²) >= 11 is 0. The average Bonchev–Trinajstić information content (AvgIpc) is 2.94. The third-order valence-corrected chi connectivity index (χ3v) is 6.81. The molecule has 1 unspecified atom stereocenters. The summed E-state index contributed by atoms with van der Waals surface area (Å²) in [5.74, 6) is -0.348. The Kier molecular flexibility index (Phi) is 10.8. The Morgan fingerprint density at radius 3 is 2.66 bits per heavy atom. The highest BCUT2D eigenvalue weighted by atomic mass is 19.1.